The van der Waals surface area contributed by atoms with Crippen LogP contribution in [0.4, 0.5) is 0 Å². The zero-order chi connectivity index (χ0) is 10.5. The van der Waals surface area contributed by atoms with E-state index in [1.54, 1.807) is 0 Å². The van der Waals surface area contributed by atoms with E-state index in [1.807, 2.05) is 0 Å². The van der Waals surface area contributed by atoms with Gasteiger partial charge in [0.1, 0.15) is 0 Å². The molecule has 0 aromatic rings. The van der Waals surface area contributed by atoms with E-state index in [9.17, 15) is 0 Å². The van der Waals surface area contributed by atoms with E-state index >= 15 is 0 Å². The summed E-state index contributed by atoms with van der Waals surface area (Å²) in [5, 5.41) is 0. The molecule has 0 aromatic heterocycles. The van der Waals surface area contributed by atoms with Crippen LogP contribution in [0.5, 0.6) is 0 Å². The Morgan fingerprint density at radius 2 is 1.93 bits per heavy atom. The van der Waals surface area contributed by atoms with Crippen molar-refractivity contribution < 1.29 is 0 Å². The van der Waals surface area contributed by atoms with Crippen molar-refractivity contribution in [3.63, 3.8) is 0 Å². The van der Waals surface area contributed by atoms with Gasteiger partial charge in [0.25, 0.3) is 0 Å². The number of nitrogens with zero attached hydrogens (tertiary/aromatic N) is 1. The summed E-state index contributed by atoms with van der Waals surface area (Å²) in [4.78, 5) is 2.73. The number of unbranched alkanes of at least 4 members (excludes halogenated alkanes) is 1. The average molecular weight is 205 g/mol. The molecule has 2 aliphatic rings. The monoisotopic (exact) mass is 205 g/mol. The highest BCUT2D eigenvalue weighted by Gasteiger charge is 2.32. The third-order valence-electron chi connectivity index (χ3n) is 4.12. The highest BCUT2D eigenvalue weighted by molar-refractivity contribution is 4.88. The zero-order valence-electron chi connectivity index (χ0n) is 9.75. The van der Waals surface area contributed by atoms with Crippen LogP contribution in [0.3, 0.4) is 0 Å². The van der Waals surface area contributed by atoms with Crippen molar-refractivity contribution in [3.8, 4) is 12.3 Å². The van der Waals surface area contributed by atoms with Gasteiger partial charge in [-0.15, -0.1) is 12.3 Å². The number of fused-ring (bicyclic) bond motifs is 1. The van der Waals surface area contributed by atoms with Crippen molar-refractivity contribution in [2.45, 2.75) is 57.4 Å². The molecule has 0 amide bonds. The summed E-state index contributed by atoms with van der Waals surface area (Å²) in [6, 6.07) is 0.908. The molecule has 1 aliphatic heterocycles. The highest BCUT2D eigenvalue weighted by atomic mass is 15.2. The molecule has 0 N–H and O–H groups in total. The van der Waals surface area contributed by atoms with E-state index in [0.29, 0.717) is 0 Å². The molecule has 84 valence electrons. The highest BCUT2D eigenvalue weighted by Crippen LogP contribution is 2.35. The smallest absolute Gasteiger partial charge is 0.0123 e. The summed E-state index contributed by atoms with van der Waals surface area (Å²) in [5.74, 6) is 3.76. The molecule has 2 rings (SSSR count). The summed E-state index contributed by atoms with van der Waals surface area (Å²) in [6.45, 7) is 2.57. The maximum absolute atomic E-state index is 5.31. The Balaban J connectivity index is 1.84. The summed E-state index contributed by atoms with van der Waals surface area (Å²) >= 11 is 0. The van der Waals surface area contributed by atoms with Crippen LogP contribution >= 0.6 is 0 Å². The van der Waals surface area contributed by atoms with Gasteiger partial charge < -0.3 is 4.90 Å². The van der Waals surface area contributed by atoms with Gasteiger partial charge in [-0.05, 0) is 51.1 Å². The number of likely N-dealkylation sites (tertiary alicyclic amines) is 1. The lowest BCUT2D eigenvalue weighted by molar-refractivity contribution is 0.0604. The summed E-state index contributed by atoms with van der Waals surface area (Å²) < 4.78 is 0. The lowest BCUT2D eigenvalue weighted by Gasteiger charge is -2.44. The van der Waals surface area contributed by atoms with E-state index in [4.69, 9.17) is 6.42 Å². The van der Waals surface area contributed by atoms with Gasteiger partial charge in [-0.3, -0.25) is 0 Å². The quantitative estimate of drug-likeness (QED) is 0.505. The summed E-state index contributed by atoms with van der Waals surface area (Å²) in [7, 11) is 0. The minimum absolute atomic E-state index is 0.908. The second kappa shape index (κ2) is 5.56. The molecule has 1 heterocycles. The molecule has 2 fully saturated rings. The fourth-order valence-electron chi connectivity index (χ4n) is 3.39. The maximum Gasteiger partial charge on any atom is 0.0123 e. The van der Waals surface area contributed by atoms with E-state index < -0.39 is 0 Å². The molecule has 1 aliphatic carbocycles. The Kier molecular flexibility index (Phi) is 4.09. The lowest BCUT2D eigenvalue weighted by atomic mass is 9.78. The zero-order valence-corrected chi connectivity index (χ0v) is 9.75. The van der Waals surface area contributed by atoms with Gasteiger partial charge in [-0.25, -0.2) is 0 Å². The normalized spacial score (nSPS) is 31.9. The number of terminal acetylenes is 1. The van der Waals surface area contributed by atoms with Crippen LogP contribution in [0.2, 0.25) is 0 Å². The van der Waals surface area contributed by atoms with E-state index in [0.717, 1.165) is 18.4 Å². The largest absolute Gasteiger partial charge is 0.300 e. The molecule has 0 radical (unpaired) electrons. The van der Waals surface area contributed by atoms with Crippen LogP contribution in [-0.4, -0.2) is 24.0 Å². The molecule has 15 heavy (non-hydrogen) atoms. The molecular weight excluding hydrogens is 182 g/mol. The van der Waals surface area contributed by atoms with Crippen LogP contribution in [0.15, 0.2) is 0 Å². The minimum atomic E-state index is 0.908. The molecule has 0 aromatic carbocycles. The van der Waals surface area contributed by atoms with E-state index in [1.165, 1.54) is 58.0 Å². The Labute approximate surface area is 94.2 Å². The molecule has 2 unspecified atom stereocenters. The van der Waals surface area contributed by atoms with Gasteiger partial charge in [-0.2, -0.15) is 0 Å². The molecule has 1 saturated heterocycles. The lowest BCUT2D eigenvalue weighted by Crippen LogP contribution is -2.46. The Morgan fingerprint density at radius 3 is 2.80 bits per heavy atom. The van der Waals surface area contributed by atoms with Crippen molar-refractivity contribution in [2.24, 2.45) is 5.92 Å². The Bertz CT molecular complexity index is 226. The predicted octanol–water partition coefficient (Wildman–Crippen LogP) is 3.05. The molecular formula is C14H23N. The number of hydrogen-bond acceptors (Lipinski definition) is 1. The topological polar surface area (TPSA) is 3.24 Å². The Hall–Kier alpha value is -0.480. The molecule has 0 bridgehead atoms. The van der Waals surface area contributed by atoms with Crippen LogP contribution < -0.4 is 0 Å². The fraction of sp³-hybridized carbons (Fsp3) is 0.857. The van der Waals surface area contributed by atoms with Gasteiger partial charge in [0.15, 0.2) is 0 Å². The van der Waals surface area contributed by atoms with Crippen molar-refractivity contribution in [1.82, 2.24) is 4.90 Å². The third kappa shape index (κ3) is 2.75. The van der Waals surface area contributed by atoms with E-state index in [2.05, 4.69) is 10.8 Å². The van der Waals surface area contributed by atoms with Gasteiger partial charge >= 0.3 is 0 Å². The van der Waals surface area contributed by atoms with Crippen LogP contribution in [0, 0.1) is 18.3 Å². The first kappa shape index (κ1) is 11.0. The van der Waals surface area contributed by atoms with Crippen molar-refractivity contribution in [2.75, 3.05) is 13.1 Å². The molecule has 1 nitrogen and oxygen atoms in total. The fourth-order valence-corrected chi connectivity index (χ4v) is 3.39. The SMILES string of the molecule is C#CCCCN1CCCC2CCCCC21. The number of piperidine rings is 1. The van der Waals surface area contributed by atoms with Crippen LogP contribution in [0.25, 0.3) is 0 Å². The Morgan fingerprint density at radius 1 is 1.13 bits per heavy atom. The van der Waals surface area contributed by atoms with Crippen molar-refractivity contribution >= 4 is 0 Å². The van der Waals surface area contributed by atoms with Gasteiger partial charge in [0.2, 0.25) is 0 Å². The second-order valence-corrected chi connectivity index (χ2v) is 5.10. The standard InChI is InChI=1S/C14H23N/c1-2-3-6-11-15-12-7-9-13-8-4-5-10-14(13)15/h1,13-14H,3-12H2. The first-order valence-corrected chi connectivity index (χ1v) is 6.59. The predicted molar refractivity (Wildman–Crippen MR) is 64.6 cm³/mol. The number of hydrogen-bond donors (Lipinski definition) is 0. The van der Waals surface area contributed by atoms with Gasteiger partial charge in [0.05, 0.1) is 0 Å². The average Bonchev–Trinajstić information content (AvgIpc) is 2.30. The van der Waals surface area contributed by atoms with Crippen molar-refractivity contribution in [3.05, 3.63) is 0 Å². The number of rotatable bonds is 3. The third-order valence-corrected chi connectivity index (χ3v) is 4.12. The summed E-state index contributed by atoms with van der Waals surface area (Å²) in [6.07, 6.45) is 16.2. The maximum atomic E-state index is 5.31. The molecule has 1 saturated carbocycles. The molecule has 2 atom stereocenters. The van der Waals surface area contributed by atoms with E-state index in [-0.39, 0.29) is 0 Å². The van der Waals surface area contributed by atoms with Gasteiger partial charge in [-0.1, -0.05) is 12.8 Å². The first-order chi connectivity index (χ1) is 7.42. The van der Waals surface area contributed by atoms with Gasteiger partial charge in [0, 0.05) is 12.5 Å². The van der Waals surface area contributed by atoms with Crippen molar-refractivity contribution in [1.29, 1.82) is 0 Å². The first-order valence-electron chi connectivity index (χ1n) is 6.59. The second-order valence-electron chi connectivity index (χ2n) is 5.10. The molecule has 1 heteroatoms. The molecule has 0 spiro atoms. The minimum Gasteiger partial charge on any atom is -0.300 e. The van der Waals surface area contributed by atoms with Crippen LogP contribution in [-0.2, 0) is 0 Å². The summed E-state index contributed by atoms with van der Waals surface area (Å²) in [5.41, 5.74) is 0. The van der Waals surface area contributed by atoms with Crippen LogP contribution in [0.1, 0.15) is 51.4 Å².